The zero-order chi connectivity index (χ0) is 36.5. The van der Waals surface area contributed by atoms with Gasteiger partial charge >= 0.3 is 11.9 Å². The highest BCUT2D eigenvalue weighted by Crippen LogP contribution is 2.41. The molecule has 0 aromatic heterocycles. The van der Waals surface area contributed by atoms with Crippen LogP contribution in [0.15, 0.2) is 36.4 Å². The lowest BCUT2D eigenvalue weighted by molar-refractivity contribution is -0.141. The predicted molar refractivity (Wildman–Crippen MR) is 193 cm³/mol. The van der Waals surface area contributed by atoms with Crippen molar-refractivity contribution in [3.8, 4) is 11.5 Å². The van der Waals surface area contributed by atoms with E-state index < -0.39 is 11.9 Å². The van der Waals surface area contributed by atoms with Crippen molar-refractivity contribution < 1.29 is 38.7 Å². The van der Waals surface area contributed by atoms with Gasteiger partial charge in [-0.25, -0.2) is 9.59 Å². The van der Waals surface area contributed by atoms with Crippen molar-refractivity contribution in [3.63, 3.8) is 0 Å². The number of benzene rings is 2. The highest BCUT2D eigenvalue weighted by Gasteiger charge is 2.27. The Bertz CT molecular complexity index is 1270. The van der Waals surface area contributed by atoms with Crippen LogP contribution in [0.2, 0.25) is 0 Å². The molecule has 0 unspecified atom stereocenters. The lowest BCUT2D eigenvalue weighted by Crippen LogP contribution is -2.17. The van der Waals surface area contributed by atoms with Gasteiger partial charge in [0.1, 0.15) is 24.7 Å². The van der Waals surface area contributed by atoms with Gasteiger partial charge < -0.3 is 29.2 Å². The SMILES string of the molecule is CC(C)(C)c1cc(C=CC(=O)OCCOCCOCCOC(=O)C=Cc2cc(C(C)(C)C)c(O)c(C(C)(C)C)c2)cc(C(C)(C)C)c1O. The van der Waals surface area contributed by atoms with Crippen LogP contribution in [0.3, 0.4) is 0 Å². The normalized spacial score (nSPS) is 13.0. The maximum absolute atomic E-state index is 12.3. The molecule has 8 heteroatoms. The van der Waals surface area contributed by atoms with Crippen LogP contribution in [-0.2, 0) is 50.2 Å². The molecule has 0 saturated carbocycles. The fraction of sp³-hybridized carbons (Fsp3) is 0.550. The Morgan fingerprint density at radius 3 is 1.00 bits per heavy atom. The van der Waals surface area contributed by atoms with E-state index in [-0.39, 0.29) is 48.1 Å². The number of carbonyl (C=O) groups excluding carboxylic acids is 2. The van der Waals surface area contributed by atoms with Gasteiger partial charge in [-0.2, -0.15) is 0 Å². The molecule has 266 valence electrons. The van der Waals surface area contributed by atoms with E-state index in [4.69, 9.17) is 18.9 Å². The Morgan fingerprint density at radius 1 is 0.500 bits per heavy atom. The number of hydrogen-bond acceptors (Lipinski definition) is 8. The van der Waals surface area contributed by atoms with Crippen LogP contribution in [0.5, 0.6) is 11.5 Å². The minimum atomic E-state index is -0.483. The standard InChI is InChI=1S/C40H58O8/c1-37(2,3)29-23-27(24-30(35(29)43)38(4,5)6)13-15-33(41)47-21-19-45-17-18-46-20-22-48-34(42)16-14-28-25-31(39(7,8)9)36(44)32(26-28)40(10,11)12/h13-16,23-26,43-44H,17-22H2,1-12H3. The lowest BCUT2D eigenvalue weighted by atomic mass is 9.78. The average molecular weight is 667 g/mol. The summed E-state index contributed by atoms with van der Waals surface area (Å²) in [4.78, 5) is 24.5. The quantitative estimate of drug-likeness (QED) is 0.125. The molecule has 0 aliphatic carbocycles. The van der Waals surface area contributed by atoms with Gasteiger partial charge in [-0.15, -0.1) is 0 Å². The second kappa shape index (κ2) is 16.7. The first-order chi connectivity index (χ1) is 22.0. The number of aromatic hydroxyl groups is 2. The maximum Gasteiger partial charge on any atom is 0.330 e. The number of ether oxygens (including phenoxy) is 4. The van der Waals surface area contributed by atoms with Crippen molar-refractivity contribution in [1.29, 1.82) is 0 Å². The summed E-state index contributed by atoms with van der Waals surface area (Å²) in [7, 11) is 0. The van der Waals surface area contributed by atoms with Crippen LogP contribution >= 0.6 is 0 Å². The summed E-state index contributed by atoms with van der Waals surface area (Å²) in [5.41, 5.74) is 3.87. The molecule has 0 amide bonds. The first kappa shape index (κ1) is 40.6. The number of carbonyl (C=O) groups is 2. The third-order valence-corrected chi connectivity index (χ3v) is 7.64. The van der Waals surface area contributed by atoms with E-state index in [1.54, 1.807) is 12.2 Å². The molecule has 2 aromatic rings. The first-order valence-electron chi connectivity index (χ1n) is 16.6. The predicted octanol–water partition coefficient (Wildman–Crippen LogP) is 8.13. The molecule has 2 aromatic carbocycles. The molecule has 48 heavy (non-hydrogen) atoms. The minimum absolute atomic E-state index is 0.0959. The Morgan fingerprint density at radius 2 is 0.750 bits per heavy atom. The topological polar surface area (TPSA) is 112 Å². The Hall–Kier alpha value is -3.62. The third kappa shape index (κ3) is 12.8. The van der Waals surface area contributed by atoms with Gasteiger partial charge in [0, 0.05) is 34.4 Å². The van der Waals surface area contributed by atoms with Crippen molar-refractivity contribution in [2.45, 2.75) is 105 Å². The molecule has 8 nitrogen and oxygen atoms in total. The molecule has 0 spiro atoms. The summed E-state index contributed by atoms with van der Waals surface area (Å²) in [5.74, 6) is -0.382. The van der Waals surface area contributed by atoms with Crippen molar-refractivity contribution in [1.82, 2.24) is 0 Å². The molecule has 0 bridgehead atoms. The third-order valence-electron chi connectivity index (χ3n) is 7.64. The highest BCUT2D eigenvalue weighted by atomic mass is 16.6. The molecule has 0 atom stereocenters. The van der Waals surface area contributed by atoms with Crippen molar-refractivity contribution in [2.24, 2.45) is 0 Å². The zero-order valence-corrected chi connectivity index (χ0v) is 31.2. The molecule has 2 rings (SSSR count). The van der Waals surface area contributed by atoms with Gasteiger partial charge in [0.15, 0.2) is 0 Å². The zero-order valence-electron chi connectivity index (χ0n) is 31.2. The number of rotatable bonds is 13. The maximum atomic E-state index is 12.3. The Labute approximate surface area is 288 Å². The van der Waals surface area contributed by atoms with E-state index in [1.165, 1.54) is 12.2 Å². The summed E-state index contributed by atoms with van der Waals surface area (Å²) in [6.07, 6.45) is 6.15. The van der Waals surface area contributed by atoms with Crippen LogP contribution in [-0.4, -0.2) is 61.8 Å². The largest absolute Gasteiger partial charge is 0.507 e. The highest BCUT2D eigenvalue weighted by molar-refractivity contribution is 5.87. The van der Waals surface area contributed by atoms with Gasteiger partial charge in [0.2, 0.25) is 0 Å². The fourth-order valence-corrected chi connectivity index (χ4v) is 4.94. The molecule has 0 fully saturated rings. The van der Waals surface area contributed by atoms with Gasteiger partial charge in [-0.05, 0) is 69.2 Å². The summed E-state index contributed by atoms with van der Waals surface area (Å²) >= 11 is 0. The van der Waals surface area contributed by atoms with Gasteiger partial charge in [0.25, 0.3) is 0 Å². The summed E-state index contributed by atoms with van der Waals surface area (Å²) < 4.78 is 21.4. The number of esters is 2. The Balaban J connectivity index is 1.71. The van der Waals surface area contributed by atoms with Crippen LogP contribution < -0.4 is 0 Å². The van der Waals surface area contributed by atoms with Crippen molar-refractivity contribution in [2.75, 3.05) is 39.6 Å². The molecular formula is C40H58O8. The van der Waals surface area contributed by atoms with Gasteiger partial charge in [0.05, 0.1) is 26.4 Å². The van der Waals surface area contributed by atoms with Crippen molar-refractivity contribution >= 4 is 24.1 Å². The van der Waals surface area contributed by atoms with E-state index in [0.29, 0.717) is 24.7 Å². The molecule has 0 heterocycles. The minimum Gasteiger partial charge on any atom is -0.507 e. The molecule has 0 radical (unpaired) electrons. The Kier molecular flexibility index (Phi) is 14.1. The van der Waals surface area contributed by atoms with E-state index in [9.17, 15) is 19.8 Å². The average Bonchev–Trinajstić information content (AvgIpc) is 2.94. The smallest absolute Gasteiger partial charge is 0.330 e. The monoisotopic (exact) mass is 666 g/mol. The van der Waals surface area contributed by atoms with E-state index in [1.807, 2.05) is 107 Å². The number of phenols is 2. The summed E-state index contributed by atoms with van der Waals surface area (Å²) in [6, 6.07) is 7.60. The van der Waals surface area contributed by atoms with Crippen LogP contribution in [0.25, 0.3) is 12.2 Å². The lowest BCUT2D eigenvalue weighted by Gasteiger charge is -2.27. The van der Waals surface area contributed by atoms with E-state index in [0.717, 1.165) is 33.4 Å². The van der Waals surface area contributed by atoms with E-state index >= 15 is 0 Å². The van der Waals surface area contributed by atoms with Crippen LogP contribution in [0, 0.1) is 0 Å². The van der Waals surface area contributed by atoms with Crippen LogP contribution in [0.4, 0.5) is 0 Å². The number of hydrogen-bond donors (Lipinski definition) is 2. The van der Waals surface area contributed by atoms with Crippen LogP contribution in [0.1, 0.15) is 116 Å². The second-order valence-corrected chi connectivity index (χ2v) is 16.2. The molecule has 2 N–H and O–H groups in total. The molecule has 0 saturated heterocycles. The van der Waals surface area contributed by atoms with Gasteiger partial charge in [-0.3, -0.25) is 0 Å². The van der Waals surface area contributed by atoms with E-state index in [2.05, 4.69) is 0 Å². The second-order valence-electron chi connectivity index (χ2n) is 16.2. The first-order valence-corrected chi connectivity index (χ1v) is 16.6. The summed E-state index contributed by atoms with van der Waals surface area (Å²) in [5, 5.41) is 21.8. The molecule has 0 aliphatic heterocycles. The fourth-order valence-electron chi connectivity index (χ4n) is 4.94. The molecule has 0 aliphatic rings. The summed E-state index contributed by atoms with van der Waals surface area (Å²) in [6.45, 7) is 25.7. The van der Waals surface area contributed by atoms with Crippen molar-refractivity contribution in [3.05, 3.63) is 69.8 Å². The number of phenolic OH excluding ortho intramolecular Hbond substituents is 2. The molecular weight excluding hydrogens is 608 g/mol. The van der Waals surface area contributed by atoms with Gasteiger partial charge in [-0.1, -0.05) is 83.1 Å².